The Morgan fingerprint density at radius 2 is 1.12 bits per heavy atom. The van der Waals surface area contributed by atoms with E-state index in [2.05, 4.69) is 55.6 Å². The van der Waals surface area contributed by atoms with Gasteiger partial charge >= 0.3 is 7.82 Å². The van der Waals surface area contributed by atoms with Crippen LogP contribution in [0.1, 0.15) is 168 Å². The van der Waals surface area contributed by atoms with E-state index in [1.807, 2.05) is 27.2 Å². The van der Waals surface area contributed by atoms with E-state index in [1.54, 1.807) is 6.08 Å². The topological polar surface area (TPSA) is 105 Å². The number of rotatable bonds is 37. The number of hydrogen-bond donors (Lipinski definition) is 3. The average molecular weight is 754 g/mol. The second kappa shape index (κ2) is 35.2. The molecule has 304 valence electrons. The van der Waals surface area contributed by atoms with Gasteiger partial charge in [0.1, 0.15) is 13.2 Å². The highest BCUT2D eigenvalue weighted by atomic mass is 31.2. The van der Waals surface area contributed by atoms with Crippen LogP contribution >= 0.6 is 7.82 Å². The van der Waals surface area contributed by atoms with Crippen molar-refractivity contribution in [2.45, 2.75) is 180 Å². The normalized spacial score (nSPS) is 15.0. The van der Waals surface area contributed by atoms with Crippen molar-refractivity contribution in [2.75, 3.05) is 40.9 Å². The van der Waals surface area contributed by atoms with Gasteiger partial charge in [-0.25, -0.2) is 4.57 Å². The lowest BCUT2D eigenvalue weighted by Gasteiger charge is -2.25. The van der Waals surface area contributed by atoms with E-state index < -0.39 is 20.0 Å². The van der Waals surface area contributed by atoms with Gasteiger partial charge < -0.3 is 19.8 Å². The summed E-state index contributed by atoms with van der Waals surface area (Å²) in [6.07, 6.45) is 43.4. The summed E-state index contributed by atoms with van der Waals surface area (Å²) in [7, 11) is 1.53. The largest absolute Gasteiger partial charge is 0.472 e. The van der Waals surface area contributed by atoms with Crippen LogP contribution in [0.2, 0.25) is 0 Å². The van der Waals surface area contributed by atoms with Crippen LogP contribution in [-0.4, -0.2) is 73.4 Å². The molecular formula is C43H82N2O6P+. The number of unbranched alkanes of at least 4 members (excludes halogenated alkanes) is 18. The molecule has 3 atom stereocenters. The molecule has 0 saturated carbocycles. The Hall–Kier alpha value is -1.54. The number of likely N-dealkylation sites (N-methyl/N-ethyl adjacent to an activating group) is 1. The van der Waals surface area contributed by atoms with Crippen LogP contribution in [0.25, 0.3) is 0 Å². The van der Waals surface area contributed by atoms with E-state index in [9.17, 15) is 19.4 Å². The molecule has 0 radical (unpaired) electrons. The monoisotopic (exact) mass is 754 g/mol. The Bertz CT molecular complexity index is 991. The van der Waals surface area contributed by atoms with E-state index in [0.717, 1.165) is 51.4 Å². The number of carbonyl (C=O) groups excluding carboxylic acids is 1. The summed E-state index contributed by atoms with van der Waals surface area (Å²) in [5, 5.41) is 13.7. The van der Waals surface area contributed by atoms with Crippen LogP contribution in [0.5, 0.6) is 0 Å². The van der Waals surface area contributed by atoms with Crippen LogP contribution < -0.4 is 5.32 Å². The number of nitrogens with zero attached hydrogens (tertiary/aromatic N) is 1. The first-order valence-electron chi connectivity index (χ1n) is 21.0. The standard InChI is InChI=1S/C43H81N2O6P/c1-6-8-10-12-14-16-18-19-20-21-22-23-24-25-26-27-29-31-33-35-37-43(47)44-41(40-51-52(48,49)50-39-38-45(3,4)5)42(46)36-34-32-30-28-17-15-13-11-9-7-2/h9,11,17,22-23,28,34,36,41-42,46H,6-8,10,12-16,18-21,24-27,29-33,35,37-40H2,1-5H3,(H-,44,47,48,49)/p+1/b11-9+,23-22-,28-17+,36-34+. The molecule has 3 unspecified atom stereocenters. The molecule has 0 saturated heterocycles. The molecule has 52 heavy (non-hydrogen) atoms. The van der Waals surface area contributed by atoms with Crippen molar-refractivity contribution in [1.29, 1.82) is 0 Å². The Morgan fingerprint density at radius 3 is 1.63 bits per heavy atom. The van der Waals surface area contributed by atoms with Crippen LogP contribution in [0, 0.1) is 0 Å². The average Bonchev–Trinajstić information content (AvgIpc) is 3.09. The van der Waals surface area contributed by atoms with Gasteiger partial charge in [0.05, 0.1) is 39.9 Å². The second-order valence-electron chi connectivity index (χ2n) is 15.3. The van der Waals surface area contributed by atoms with Gasteiger partial charge in [0.2, 0.25) is 5.91 Å². The Morgan fingerprint density at radius 1 is 0.654 bits per heavy atom. The first-order valence-corrected chi connectivity index (χ1v) is 22.5. The molecule has 0 aromatic carbocycles. The fourth-order valence-electron chi connectivity index (χ4n) is 5.66. The van der Waals surface area contributed by atoms with Crippen molar-refractivity contribution >= 4 is 13.7 Å². The number of allylic oxidation sites excluding steroid dienone is 7. The molecule has 0 aromatic rings. The lowest BCUT2D eigenvalue weighted by atomic mass is 10.1. The van der Waals surface area contributed by atoms with E-state index in [-0.39, 0.29) is 19.1 Å². The lowest BCUT2D eigenvalue weighted by Crippen LogP contribution is -2.45. The minimum absolute atomic E-state index is 0.0512. The third kappa shape index (κ3) is 36.8. The zero-order valence-corrected chi connectivity index (χ0v) is 35.2. The molecule has 0 aromatic heterocycles. The Balaban J connectivity index is 4.38. The number of quaternary nitrogens is 1. The van der Waals surface area contributed by atoms with E-state index in [4.69, 9.17) is 9.05 Å². The maximum absolute atomic E-state index is 12.8. The number of carbonyl (C=O) groups is 1. The zero-order chi connectivity index (χ0) is 38.6. The van der Waals surface area contributed by atoms with Crippen molar-refractivity contribution in [3.05, 3.63) is 48.6 Å². The van der Waals surface area contributed by atoms with Crippen molar-refractivity contribution < 1.29 is 32.9 Å². The third-order valence-electron chi connectivity index (χ3n) is 9.01. The molecule has 0 bridgehead atoms. The Labute approximate surface area is 320 Å². The highest BCUT2D eigenvalue weighted by Crippen LogP contribution is 2.43. The van der Waals surface area contributed by atoms with Crippen molar-refractivity contribution in [2.24, 2.45) is 0 Å². The molecule has 9 heteroatoms. The van der Waals surface area contributed by atoms with Gasteiger partial charge in [-0.05, 0) is 64.2 Å². The van der Waals surface area contributed by atoms with Gasteiger partial charge in [0.15, 0.2) is 0 Å². The molecular weight excluding hydrogens is 671 g/mol. The minimum atomic E-state index is -4.34. The molecule has 0 aliphatic rings. The first kappa shape index (κ1) is 50.5. The molecule has 1 amide bonds. The summed E-state index contributed by atoms with van der Waals surface area (Å²) in [5.74, 6) is -0.200. The molecule has 0 spiro atoms. The maximum atomic E-state index is 12.8. The van der Waals surface area contributed by atoms with Crippen molar-refractivity contribution in [1.82, 2.24) is 5.32 Å². The van der Waals surface area contributed by atoms with Crippen molar-refractivity contribution in [3.8, 4) is 0 Å². The summed E-state index contributed by atoms with van der Waals surface area (Å²) in [6, 6.07) is -0.869. The summed E-state index contributed by atoms with van der Waals surface area (Å²) in [6.45, 7) is 4.64. The van der Waals surface area contributed by atoms with Gasteiger partial charge in [-0.15, -0.1) is 0 Å². The zero-order valence-electron chi connectivity index (χ0n) is 34.3. The van der Waals surface area contributed by atoms with Gasteiger partial charge in [0, 0.05) is 6.42 Å². The molecule has 0 aliphatic carbocycles. The summed E-state index contributed by atoms with van der Waals surface area (Å²) < 4.78 is 23.4. The fourth-order valence-corrected chi connectivity index (χ4v) is 6.40. The van der Waals surface area contributed by atoms with Crippen LogP contribution in [0.3, 0.4) is 0 Å². The SMILES string of the molecule is CC/C=C/CC/C=C/CC/C=C/C(O)C(COP(=O)(O)OCC[N+](C)(C)C)NC(=O)CCCCCCCCC/C=C\CCCCCCCCCCC. The molecule has 0 fully saturated rings. The smallest absolute Gasteiger partial charge is 0.387 e. The van der Waals surface area contributed by atoms with Gasteiger partial charge in [-0.3, -0.25) is 13.8 Å². The molecule has 8 nitrogen and oxygen atoms in total. The lowest BCUT2D eigenvalue weighted by molar-refractivity contribution is -0.870. The number of phosphoric ester groups is 1. The quantitative estimate of drug-likeness (QED) is 0.0252. The molecule has 0 heterocycles. The Kier molecular flexibility index (Phi) is 34.1. The maximum Gasteiger partial charge on any atom is 0.472 e. The number of aliphatic hydroxyl groups excluding tert-OH is 1. The highest BCUT2D eigenvalue weighted by molar-refractivity contribution is 7.47. The number of phosphoric acid groups is 1. The summed E-state index contributed by atoms with van der Waals surface area (Å²) in [5.41, 5.74) is 0. The molecule has 3 N–H and O–H groups in total. The predicted molar refractivity (Wildman–Crippen MR) is 221 cm³/mol. The molecule has 0 rings (SSSR count). The number of aliphatic hydroxyl groups is 1. The number of nitrogens with one attached hydrogen (secondary N) is 1. The highest BCUT2D eigenvalue weighted by Gasteiger charge is 2.27. The van der Waals surface area contributed by atoms with Gasteiger partial charge in [-0.2, -0.15) is 0 Å². The van der Waals surface area contributed by atoms with Gasteiger partial charge in [0.25, 0.3) is 0 Å². The van der Waals surface area contributed by atoms with E-state index in [1.165, 1.54) is 96.3 Å². The van der Waals surface area contributed by atoms with Crippen LogP contribution in [-0.2, 0) is 18.4 Å². The van der Waals surface area contributed by atoms with Crippen LogP contribution in [0.4, 0.5) is 0 Å². The fraction of sp³-hybridized carbons (Fsp3) is 0.791. The molecule has 0 aliphatic heterocycles. The number of amides is 1. The minimum Gasteiger partial charge on any atom is -0.387 e. The van der Waals surface area contributed by atoms with E-state index >= 15 is 0 Å². The summed E-state index contributed by atoms with van der Waals surface area (Å²) in [4.78, 5) is 23.0. The summed E-state index contributed by atoms with van der Waals surface area (Å²) >= 11 is 0. The third-order valence-corrected chi connectivity index (χ3v) is 9.99. The van der Waals surface area contributed by atoms with Gasteiger partial charge in [-0.1, -0.05) is 146 Å². The van der Waals surface area contributed by atoms with E-state index in [0.29, 0.717) is 17.4 Å². The predicted octanol–water partition coefficient (Wildman–Crippen LogP) is 11.3. The van der Waals surface area contributed by atoms with Crippen LogP contribution in [0.15, 0.2) is 48.6 Å². The van der Waals surface area contributed by atoms with Crippen molar-refractivity contribution in [3.63, 3.8) is 0 Å². The second-order valence-corrected chi connectivity index (χ2v) is 16.8. The number of hydrogen-bond acceptors (Lipinski definition) is 5. The first-order chi connectivity index (χ1) is 25.0.